The molecule has 1 amide bonds. The fourth-order valence-electron chi connectivity index (χ4n) is 4.45. The molecule has 0 spiro atoms. The van der Waals surface area contributed by atoms with Gasteiger partial charge in [-0.2, -0.15) is 0 Å². The Labute approximate surface area is 177 Å². The molecule has 0 aliphatic carbocycles. The lowest BCUT2D eigenvalue weighted by Gasteiger charge is -2.20. The van der Waals surface area contributed by atoms with Crippen molar-refractivity contribution in [2.45, 2.75) is 20.4 Å². The predicted molar refractivity (Wildman–Crippen MR) is 125 cm³/mol. The first-order valence-corrected chi connectivity index (χ1v) is 10.6. The van der Waals surface area contributed by atoms with Gasteiger partial charge in [0.1, 0.15) is 0 Å². The summed E-state index contributed by atoms with van der Waals surface area (Å²) in [5, 5.41) is 2.20. The second kappa shape index (κ2) is 8.00. The molecule has 0 fully saturated rings. The van der Waals surface area contributed by atoms with Crippen molar-refractivity contribution >= 4 is 27.7 Å². The van der Waals surface area contributed by atoms with Crippen LogP contribution in [0.2, 0.25) is 0 Å². The molecule has 0 atom stereocenters. The molecule has 0 unspecified atom stereocenters. The number of rotatable bonds is 6. The Morgan fingerprint density at radius 1 is 0.967 bits per heavy atom. The molecule has 0 saturated heterocycles. The van der Waals surface area contributed by atoms with Gasteiger partial charge in [-0.05, 0) is 40.1 Å². The average molecular weight is 403 g/mol. The van der Waals surface area contributed by atoms with Crippen LogP contribution < -0.4 is 0 Å². The van der Waals surface area contributed by atoms with Crippen LogP contribution in [0.1, 0.15) is 29.8 Å². The molecule has 2 aromatic carbocycles. The van der Waals surface area contributed by atoms with E-state index in [4.69, 9.17) is 0 Å². The van der Waals surface area contributed by atoms with Gasteiger partial charge < -0.3 is 19.4 Å². The van der Waals surface area contributed by atoms with Gasteiger partial charge in [0, 0.05) is 54.1 Å². The van der Waals surface area contributed by atoms with E-state index in [-0.39, 0.29) is 5.91 Å². The van der Waals surface area contributed by atoms with Crippen molar-refractivity contribution in [2.75, 3.05) is 27.2 Å². The normalized spacial score (nSPS) is 11.7. The summed E-state index contributed by atoms with van der Waals surface area (Å²) < 4.78 is 2.16. The van der Waals surface area contributed by atoms with E-state index >= 15 is 0 Å². The minimum Gasteiger partial charge on any atom is -0.353 e. The second-order valence-corrected chi connectivity index (χ2v) is 8.04. The van der Waals surface area contributed by atoms with Gasteiger partial charge >= 0.3 is 0 Å². The number of aromatic nitrogens is 2. The maximum Gasteiger partial charge on any atom is 0.256 e. The maximum atomic E-state index is 13.7. The van der Waals surface area contributed by atoms with E-state index in [1.807, 2.05) is 36.9 Å². The Morgan fingerprint density at radius 2 is 1.60 bits per heavy atom. The highest BCUT2D eigenvalue weighted by molar-refractivity contribution is 6.13. The third-order valence-electron chi connectivity index (χ3n) is 5.90. The Bertz CT molecular complexity index is 1210. The van der Waals surface area contributed by atoms with E-state index in [2.05, 4.69) is 65.9 Å². The van der Waals surface area contributed by atoms with Gasteiger partial charge in [0.05, 0.1) is 17.0 Å². The lowest BCUT2D eigenvalue weighted by atomic mass is 10.0. The summed E-state index contributed by atoms with van der Waals surface area (Å²) >= 11 is 0. The van der Waals surface area contributed by atoms with Crippen LogP contribution in [-0.4, -0.2) is 52.4 Å². The van der Waals surface area contributed by atoms with E-state index in [0.717, 1.165) is 39.9 Å². The van der Waals surface area contributed by atoms with Crippen molar-refractivity contribution < 1.29 is 4.79 Å². The lowest BCUT2D eigenvalue weighted by molar-refractivity contribution is 0.0775. The Morgan fingerprint density at radius 3 is 2.27 bits per heavy atom. The fraction of sp³-hybridized carbons (Fsp3) is 0.320. The third-order valence-corrected chi connectivity index (χ3v) is 5.90. The van der Waals surface area contributed by atoms with Crippen molar-refractivity contribution in [2.24, 2.45) is 7.05 Å². The van der Waals surface area contributed by atoms with Gasteiger partial charge in [-0.15, -0.1) is 0 Å². The zero-order chi connectivity index (χ0) is 21.4. The van der Waals surface area contributed by atoms with Gasteiger partial charge in [0.25, 0.3) is 5.91 Å². The largest absolute Gasteiger partial charge is 0.353 e. The van der Waals surface area contributed by atoms with Crippen molar-refractivity contribution in [3.8, 4) is 11.4 Å². The summed E-state index contributed by atoms with van der Waals surface area (Å²) in [6.45, 7) is 6.24. The molecule has 5 heteroatoms. The molecular formula is C25H30N4O. The number of amides is 1. The summed E-state index contributed by atoms with van der Waals surface area (Å²) in [5.74, 6) is 0.0845. The standard InChI is InChI=1S/C25H30N4O/c1-6-29(7-2)25(30)22-18-13-9-11-15-21(18)28(5)24(22)23-19(16-27(3)4)17-12-8-10-14-20(17)26-23/h8-15,26H,6-7,16H2,1-5H3. The number of benzene rings is 2. The van der Waals surface area contributed by atoms with E-state index in [1.54, 1.807) is 0 Å². The van der Waals surface area contributed by atoms with Crippen LogP contribution >= 0.6 is 0 Å². The minimum absolute atomic E-state index is 0.0845. The molecule has 2 heterocycles. The molecule has 156 valence electrons. The third kappa shape index (κ3) is 3.19. The second-order valence-electron chi connectivity index (χ2n) is 8.04. The van der Waals surface area contributed by atoms with E-state index in [9.17, 15) is 4.79 Å². The Hall–Kier alpha value is -3.05. The molecule has 30 heavy (non-hydrogen) atoms. The van der Waals surface area contributed by atoms with Crippen molar-refractivity contribution in [3.05, 3.63) is 59.7 Å². The van der Waals surface area contributed by atoms with Gasteiger partial charge in [-0.3, -0.25) is 4.79 Å². The van der Waals surface area contributed by atoms with Gasteiger partial charge in [0.2, 0.25) is 0 Å². The van der Waals surface area contributed by atoms with Crippen LogP contribution in [-0.2, 0) is 13.6 Å². The van der Waals surface area contributed by atoms with Crippen LogP contribution in [0.4, 0.5) is 0 Å². The van der Waals surface area contributed by atoms with E-state index in [0.29, 0.717) is 13.1 Å². The number of para-hydroxylation sites is 2. The number of fused-ring (bicyclic) bond motifs is 2. The van der Waals surface area contributed by atoms with E-state index in [1.165, 1.54) is 10.9 Å². The first kappa shape index (κ1) is 20.2. The molecule has 4 aromatic rings. The summed E-state index contributed by atoms with van der Waals surface area (Å²) in [6.07, 6.45) is 0. The quantitative estimate of drug-likeness (QED) is 0.500. The number of nitrogens with one attached hydrogen (secondary N) is 1. The smallest absolute Gasteiger partial charge is 0.256 e. The zero-order valence-electron chi connectivity index (χ0n) is 18.5. The number of H-pyrrole nitrogens is 1. The first-order valence-electron chi connectivity index (χ1n) is 10.6. The SMILES string of the molecule is CCN(CC)C(=O)c1c(-c2[nH]c3ccccc3c2CN(C)C)n(C)c2ccccc12. The number of aryl methyl sites for hydroxylation is 1. The summed E-state index contributed by atoms with van der Waals surface area (Å²) in [5.41, 5.74) is 6.15. The van der Waals surface area contributed by atoms with Crippen LogP contribution in [0, 0.1) is 0 Å². The highest BCUT2D eigenvalue weighted by atomic mass is 16.2. The number of hydrogen-bond donors (Lipinski definition) is 1. The van der Waals surface area contributed by atoms with Gasteiger partial charge in [-0.1, -0.05) is 36.4 Å². The Kier molecular flexibility index (Phi) is 5.39. The van der Waals surface area contributed by atoms with Gasteiger partial charge in [0.15, 0.2) is 0 Å². The summed E-state index contributed by atoms with van der Waals surface area (Å²) in [7, 11) is 6.21. The first-order chi connectivity index (χ1) is 14.5. The van der Waals surface area contributed by atoms with E-state index < -0.39 is 0 Å². The van der Waals surface area contributed by atoms with Gasteiger partial charge in [-0.25, -0.2) is 0 Å². The monoisotopic (exact) mass is 402 g/mol. The van der Waals surface area contributed by atoms with Crippen LogP contribution in [0.25, 0.3) is 33.2 Å². The minimum atomic E-state index is 0.0845. The molecule has 0 bridgehead atoms. The van der Waals surface area contributed by atoms with Crippen LogP contribution in [0.5, 0.6) is 0 Å². The highest BCUT2D eigenvalue weighted by Crippen LogP contribution is 2.38. The molecule has 1 N–H and O–H groups in total. The molecule has 4 rings (SSSR count). The topological polar surface area (TPSA) is 44.3 Å². The molecule has 2 aromatic heterocycles. The number of hydrogen-bond acceptors (Lipinski definition) is 2. The summed E-state index contributed by atoms with van der Waals surface area (Å²) in [6, 6.07) is 16.6. The molecule has 0 aliphatic rings. The zero-order valence-corrected chi connectivity index (χ0v) is 18.5. The average Bonchev–Trinajstić information content (AvgIpc) is 3.24. The highest BCUT2D eigenvalue weighted by Gasteiger charge is 2.28. The molecule has 0 aliphatic heterocycles. The number of carbonyl (C=O) groups is 1. The number of carbonyl (C=O) groups excluding carboxylic acids is 1. The number of nitrogens with zero attached hydrogens (tertiary/aromatic N) is 3. The summed E-state index contributed by atoms with van der Waals surface area (Å²) in [4.78, 5) is 21.4. The van der Waals surface area contributed by atoms with Crippen molar-refractivity contribution in [3.63, 3.8) is 0 Å². The number of aromatic amines is 1. The molecule has 5 nitrogen and oxygen atoms in total. The van der Waals surface area contributed by atoms with Crippen LogP contribution in [0.3, 0.4) is 0 Å². The predicted octanol–water partition coefficient (Wildman–Crippen LogP) is 4.87. The van der Waals surface area contributed by atoms with Crippen molar-refractivity contribution in [1.29, 1.82) is 0 Å². The van der Waals surface area contributed by atoms with Crippen LogP contribution in [0.15, 0.2) is 48.5 Å². The molecular weight excluding hydrogens is 372 g/mol. The van der Waals surface area contributed by atoms with Crippen molar-refractivity contribution in [1.82, 2.24) is 19.4 Å². The molecule has 0 saturated carbocycles. The lowest BCUT2D eigenvalue weighted by Crippen LogP contribution is -2.30. The maximum absolute atomic E-state index is 13.7. The Balaban J connectivity index is 2.08. The molecule has 0 radical (unpaired) electrons. The fourth-order valence-corrected chi connectivity index (χ4v) is 4.45.